The third-order valence-corrected chi connectivity index (χ3v) is 5.74. The molecule has 11 nitrogen and oxygen atoms in total. The molecule has 0 heterocycles. The molecule has 1 aromatic rings. The molecule has 4 atom stereocenters. The Labute approximate surface area is 187 Å². The van der Waals surface area contributed by atoms with Crippen LogP contribution in [-0.4, -0.2) is 72.8 Å². The largest absolute Gasteiger partial charge is 0.390 e. The van der Waals surface area contributed by atoms with Gasteiger partial charge < -0.3 is 31.9 Å². The van der Waals surface area contributed by atoms with E-state index in [-0.39, 0.29) is 24.1 Å². The number of benzene rings is 1. The Hall–Kier alpha value is -3.10. The third kappa shape index (κ3) is 7.76. The Morgan fingerprint density at radius 2 is 1.91 bits per heavy atom. The van der Waals surface area contributed by atoms with Crippen LogP contribution in [0.1, 0.15) is 12.8 Å². The van der Waals surface area contributed by atoms with Gasteiger partial charge in [-0.05, 0) is 18.6 Å². The van der Waals surface area contributed by atoms with E-state index in [2.05, 4.69) is 16.0 Å². The maximum absolute atomic E-state index is 13.7. The van der Waals surface area contributed by atoms with Crippen molar-refractivity contribution in [1.82, 2.24) is 10.6 Å². The van der Waals surface area contributed by atoms with Gasteiger partial charge in [0.1, 0.15) is 33.6 Å². The number of sulfone groups is 1. The fourth-order valence-corrected chi connectivity index (χ4v) is 3.70. The minimum Gasteiger partial charge on any atom is -0.390 e. The molecule has 0 aromatic heterocycles. The lowest BCUT2D eigenvalue weighted by atomic mass is 9.90. The van der Waals surface area contributed by atoms with Crippen molar-refractivity contribution in [3.05, 3.63) is 41.5 Å². The molecular formula is C19H24F2N4O7S. The van der Waals surface area contributed by atoms with E-state index >= 15 is 0 Å². The molecule has 2 rings (SSSR count). The van der Waals surface area contributed by atoms with Gasteiger partial charge in [0, 0.05) is 24.3 Å². The van der Waals surface area contributed by atoms with Crippen LogP contribution in [0.25, 0.3) is 0 Å². The quantitative estimate of drug-likeness (QED) is 0.267. The SMILES string of the molecule is CS(=O)(=O)CCC(NC(=O)C1=CC(NC(=O)Nc2ccc(F)cc2F)C(O)C(O)C1)C(N)=O. The monoisotopic (exact) mass is 490 g/mol. The van der Waals surface area contributed by atoms with E-state index in [1.807, 2.05) is 0 Å². The number of amides is 4. The minimum absolute atomic E-state index is 0.114. The van der Waals surface area contributed by atoms with E-state index in [1.165, 1.54) is 0 Å². The number of hydrogen-bond donors (Lipinski definition) is 6. The number of primary amides is 1. The second kappa shape index (κ2) is 10.7. The molecule has 0 saturated heterocycles. The molecule has 0 saturated carbocycles. The zero-order valence-corrected chi connectivity index (χ0v) is 18.2. The van der Waals surface area contributed by atoms with E-state index in [0.29, 0.717) is 6.07 Å². The summed E-state index contributed by atoms with van der Waals surface area (Å²) in [5, 5.41) is 26.9. The van der Waals surface area contributed by atoms with Crippen LogP contribution >= 0.6 is 0 Å². The van der Waals surface area contributed by atoms with Crippen LogP contribution in [-0.2, 0) is 19.4 Å². The molecule has 0 fully saturated rings. The summed E-state index contributed by atoms with van der Waals surface area (Å²) in [4.78, 5) is 36.3. The van der Waals surface area contributed by atoms with Gasteiger partial charge in [0.15, 0.2) is 0 Å². The molecule has 1 aliphatic carbocycles. The molecular weight excluding hydrogens is 466 g/mol. The van der Waals surface area contributed by atoms with Crippen LogP contribution in [0.3, 0.4) is 0 Å². The molecule has 1 aromatic carbocycles. The first kappa shape index (κ1) is 26.2. The van der Waals surface area contributed by atoms with Crippen molar-refractivity contribution < 1.29 is 41.8 Å². The number of halogens is 2. The molecule has 33 heavy (non-hydrogen) atoms. The number of anilines is 1. The molecule has 0 bridgehead atoms. The second-order valence-electron chi connectivity index (χ2n) is 7.55. The van der Waals surface area contributed by atoms with Gasteiger partial charge in [-0.25, -0.2) is 22.0 Å². The van der Waals surface area contributed by atoms with Gasteiger partial charge in [0.2, 0.25) is 11.8 Å². The summed E-state index contributed by atoms with van der Waals surface area (Å²) in [7, 11) is -3.43. The Morgan fingerprint density at radius 3 is 2.48 bits per heavy atom. The van der Waals surface area contributed by atoms with Gasteiger partial charge >= 0.3 is 6.03 Å². The predicted octanol–water partition coefficient (Wildman–Crippen LogP) is -1.09. The predicted molar refractivity (Wildman–Crippen MR) is 112 cm³/mol. The van der Waals surface area contributed by atoms with Gasteiger partial charge in [-0.2, -0.15) is 0 Å². The van der Waals surface area contributed by atoms with Crippen LogP contribution in [0.15, 0.2) is 29.8 Å². The Balaban J connectivity index is 2.11. The van der Waals surface area contributed by atoms with E-state index in [0.717, 1.165) is 24.5 Å². The summed E-state index contributed by atoms with van der Waals surface area (Å²) in [6.45, 7) is 0. The highest BCUT2D eigenvalue weighted by Crippen LogP contribution is 2.21. The van der Waals surface area contributed by atoms with Crippen molar-refractivity contribution in [3.8, 4) is 0 Å². The van der Waals surface area contributed by atoms with Crippen molar-refractivity contribution in [2.75, 3.05) is 17.3 Å². The molecule has 4 unspecified atom stereocenters. The molecule has 14 heteroatoms. The highest BCUT2D eigenvalue weighted by Gasteiger charge is 2.34. The topological polar surface area (TPSA) is 188 Å². The number of aliphatic hydroxyl groups excluding tert-OH is 2. The summed E-state index contributed by atoms with van der Waals surface area (Å²) in [5.74, 6) is -4.15. The lowest BCUT2D eigenvalue weighted by molar-refractivity contribution is -0.125. The normalized spacial score (nSPS) is 21.5. The molecule has 0 spiro atoms. The zero-order valence-electron chi connectivity index (χ0n) is 17.4. The number of nitrogens with one attached hydrogen (secondary N) is 3. The van der Waals surface area contributed by atoms with Gasteiger partial charge in [-0.3, -0.25) is 9.59 Å². The van der Waals surface area contributed by atoms with Gasteiger partial charge in [-0.1, -0.05) is 6.08 Å². The first-order chi connectivity index (χ1) is 15.3. The Kier molecular flexibility index (Phi) is 8.46. The highest BCUT2D eigenvalue weighted by atomic mass is 32.2. The summed E-state index contributed by atoms with van der Waals surface area (Å²) in [6, 6.07) is -1.17. The van der Waals surface area contributed by atoms with Gasteiger partial charge in [0.25, 0.3) is 0 Å². The molecule has 7 N–H and O–H groups in total. The number of urea groups is 1. The first-order valence-electron chi connectivity index (χ1n) is 9.64. The van der Waals surface area contributed by atoms with Crippen molar-refractivity contribution in [1.29, 1.82) is 0 Å². The van der Waals surface area contributed by atoms with Crippen LogP contribution in [0.2, 0.25) is 0 Å². The summed E-state index contributed by atoms with van der Waals surface area (Å²) in [6.07, 6.45) is -1.54. The zero-order chi connectivity index (χ0) is 24.9. The third-order valence-electron chi connectivity index (χ3n) is 4.77. The van der Waals surface area contributed by atoms with Crippen LogP contribution in [0, 0.1) is 11.6 Å². The molecule has 182 valence electrons. The van der Waals surface area contributed by atoms with Gasteiger partial charge in [-0.15, -0.1) is 0 Å². The van der Waals surface area contributed by atoms with Crippen LogP contribution in [0.5, 0.6) is 0 Å². The van der Waals surface area contributed by atoms with Crippen LogP contribution in [0.4, 0.5) is 19.3 Å². The lowest BCUT2D eigenvalue weighted by Crippen LogP contribution is -2.53. The standard InChI is InChI=1S/C19H24F2N4O7S/c1-33(31,32)5-4-13(17(22)28)23-18(29)9-6-14(16(27)15(26)7-9)25-19(30)24-12-3-2-10(20)8-11(12)21/h2-3,6,8,13-16,26-27H,4-5,7H2,1H3,(H2,22,28)(H,23,29)(H2,24,25,30). The fraction of sp³-hybridized carbons (Fsp3) is 0.421. The number of hydrogen-bond acceptors (Lipinski definition) is 7. The summed E-state index contributed by atoms with van der Waals surface area (Å²) >= 11 is 0. The molecule has 4 amide bonds. The number of carbonyl (C=O) groups excluding carboxylic acids is 3. The summed E-state index contributed by atoms with van der Waals surface area (Å²) in [5.41, 5.74) is 4.74. The minimum atomic E-state index is -3.43. The van der Waals surface area contributed by atoms with Crippen molar-refractivity contribution >= 4 is 33.4 Å². The lowest BCUT2D eigenvalue weighted by Gasteiger charge is -2.31. The van der Waals surface area contributed by atoms with Crippen molar-refractivity contribution in [2.45, 2.75) is 37.1 Å². The number of carbonyl (C=O) groups is 3. The fourth-order valence-electron chi connectivity index (χ4n) is 3.03. The van der Waals surface area contributed by atoms with Gasteiger partial charge in [0.05, 0.1) is 23.6 Å². The Morgan fingerprint density at radius 1 is 1.24 bits per heavy atom. The Bertz CT molecular complexity index is 1060. The van der Waals surface area contributed by atoms with E-state index in [1.54, 1.807) is 0 Å². The number of aliphatic hydroxyl groups is 2. The maximum atomic E-state index is 13.7. The average Bonchev–Trinajstić information content (AvgIpc) is 2.69. The average molecular weight is 490 g/mol. The number of nitrogens with two attached hydrogens (primary N) is 1. The van der Waals surface area contributed by atoms with Crippen LogP contribution < -0.4 is 21.7 Å². The summed E-state index contributed by atoms with van der Waals surface area (Å²) < 4.78 is 49.3. The van der Waals surface area contributed by atoms with Crippen molar-refractivity contribution in [3.63, 3.8) is 0 Å². The van der Waals surface area contributed by atoms with E-state index in [4.69, 9.17) is 5.73 Å². The second-order valence-corrected chi connectivity index (χ2v) is 9.81. The first-order valence-corrected chi connectivity index (χ1v) is 11.7. The maximum Gasteiger partial charge on any atom is 0.319 e. The van der Waals surface area contributed by atoms with E-state index < -0.39 is 69.4 Å². The molecule has 0 radical (unpaired) electrons. The molecule has 1 aliphatic rings. The molecule has 0 aliphatic heterocycles. The van der Waals surface area contributed by atoms with E-state index in [9.17, 15) is 41.8 Å². The highest BCUT2D eigenvalue weighted by molar-refractivity contribution is 7.90. The number of rotatable bonds is 8. The smallest absolute Gasteiger partial charge is 0.319 e. The van der Waals surface area contributed by atoms with Crippen molar-refractivity contribution in [2.24, 2.45) is 5.73 Å².